The Morgan fingerprint density at radius 2 is 0.889 bits per heavy atom. The van der Waals surface area contributed by atoms with Crippen LogP contribution in [0.15, 0.2) is 0 Å². The van der Waals surface area contributed by atoms with Gasteiger partial charge in [0.15, 0.2) is 0 Å². The summed E-state index contributed by atoms with van der Waals surface area (Å²) in [5.41, 5.74) is 0. The summed E-state index contributed by atoms with van der Waals surface area (Å²) in [6, 6.07) is 3.04. The normalized spacial score (nSPS) is 32.9. The topological polar surface area (TPSA) is 0 Å². The summed E-state index contributed by atoms with van der Waals surface area (Å²) in [5, 5.41) is 0. The Hall–Kier alpha value is 2.66. The van der Waals surface area contributed by atoms with Crippen molar-refractivity contribution in [2.24, 2.45) is 0 Å². The van der Waals surface area contributed by atoms with Crippen LogP contribution >= 0.6 is 14.3 Å². The van der Waals surface area contributed by atoms with Crippen molar-refractivity contribution in [1.82, 2.24) is 0 Å². The average Bonchev–Trinajstić information content (AvgIpc) is 2.37. The molecule has 1 heterocycles. The first-order valence-electron chi connectivity index (χ1n) is 10.5. The zero-order valence-corrected chi connectivity index (χ0v) is 29.6. The first kappa shape index (κ1) is 27.7. The molecular formula is C18H46B2P2Si4Sn. The molecule has 1 rings (SSSR count). The first-order chi connectivity index (χ1) is 11.4. The molecule has 0 saturated carbocycles. The van der Waals surface area contributed by atoms with Crippen LogP contribution in [0.2, 0.25) is 77.6 Å². The Labute approximate surface area is 190 Å². The van der Waals surface area contributed by atoms with Gasteiger partial charge in [0.1, 0.15) is 0 Å². The summed E-state index contributed by atoms with van der Waals surface area (Å²) in [5.74, 6) is 0. The fraction of sp³-hybridized carbons (Fsp3) is 1.00. The minimum absolute atomic E-state index is 0.591. The Bertz CT molecular complexity index is 492. The van der Waals surface area contributed by atoms with E-state index >= 15 is 0 Å². The molecule has 9 heteroatoms. The second-order valence-electron chi connectivity index (χ2n) is 13.4. The van der Waals surface area contributed by atoms with Crippen molar-refractivity contribution in [3.05, 3.63) is 0 Å². The first-order valence-corrected chi connectivity index (χ1v) is 32.2. The number of hydrogen-bond acceptors (Lipinski definition) is 0. The molecule has 0 aromatic rings. The zero-order chi connectivity index (χ0) is 22.1. The molecule has 0 aromatic heterocycles. The van der Waals surface area contributed by atoms with Gasteiger partial charge in [-0.2, -0.15) is 0 Å². The molecule has 1 fully saturated rings. The van der Waals surface area contributed by atoms with Crippen LogP contribution in [-0.2, 0) is 0 Å². The van der Waals surface area contributed by atoms with Crippen molar-refractivity contribution >= 4 is 82.9 Å². The third-order valence-corrected chi connectivity index (χ3v) is 87.2. The molecule has 8 radical (unpaired) electrons. The van der Waals surface area contributed by atoms with Crippen LogP contribution in [-0.4, -0.2) is 100 Å². The van der Waals surface area contributed by atoms with Crippen LogP contribution in [0.4, 0.5) is 0 Å². The van der Waals surface area contributed by atoms with Crippen LogP contribution in [0, 0.1) is 0 Å². The Morgan fingerprint density at radius 3 is 1.04 bits per heavy atom. The van der Waals surface area contributed by atoms with Crippen LogP contribution in [0.3, 0.4) is 0 Å². The number of rotatable bonds is 4. The van der Waals surface area contributed by atoms with Crippen molar-refractivity contribution in [3.8, 4) is 0 Å². The van der Waals surface area contributed by atoms with Crippen molar-refractivity contribution < 1.29 is 0 Å². The van der Waals surface area contributed by atoms with E-state index in [9.17, 15) is 0 Å². The molecule has 0 bridgehead atoms. The summed E-state index contributed by atoms with van der Waals surface area (Å²) in [6.45, 7) is 37.3. The quantitative estimate of drug-likeness (QED) is 0.282. The molecule has 1 saturated heterocycles. The predicted octanol–water partition coefficient (Wildman–Crippen LogP) is 6.07. The van der Waals surface area contributed by atoms with Crippen LogP contribution in [0.1, 0.15) is 0 Å². The Balaban J connectivity index is 4.14. The molecule has 27 heavy (non-hydrogen) atoms. The van der Waals surface area contributed by atoms with E-state index in [2.05, 4.69) is 92.1 Å². The molecule has 0 aromatic carbocycles. The van der Waals surface area contributed by atoms with Crippen LogP contribution in [0.5, 0.6) is 0 Å². The van der Waals surface area contributed by atoms with Gasteiger partial charge in [0.2, 0.25) is 0 Å². The van der Waals surface area contributed by atoms with E-state index in [1.807, 2.05) is 0 Å². The van der Waals surface area contributed by atoms with Gasteiger partial charge >= 0.3 is 192 Å². The second kappa shape index (κ2) is 7.61. The summed E-state index contributed by atoms with van der Waals surface area (Å²) < 4.78 is 1.18. The van der Waals surface area contributed by atoms with Crippen molar-refractivity contribution in [3.63, 3.8) is 0 Å². The molecule has 1 aliphatic heterocycles. The fourth-order valence-electron chi connectivity index (χ4n) is 7.57. The monoisotopic (exact) mass is 578 g/mol. The van der Waals surface area contributed by atoms with Gasteiger partial charge in [0, 0.05) is 0 Å². The molecule has 0 nitrogen and oxygen atoms in total. The maximum atomic E-state index is 7.40. The molecule has 0 amide bonds. The van der Waals surface area contributed by atoms with E-state index in [0.29, 0.717) is 4.84 Å². The SMILES string of the molecule is [B-][P+](C)(C)[C@@]1([Si](C)(C)C)[Sn][C@]([Si](C)(C)C)([P+]([B-])(C)C)[Si](C)(C)CC[Si]1(C)C. The van der Waals surface area contributed by atoms with Gasteiger partial charge in [-0.1, -0.05) is 0 Å². The van der Waals surface area contributed by atoms with Gasteiger partial charge in [-0.05, 0) is 0 Å². The zero-order valence-electron chi connectivity index (χ0n) is 21.0. The van der Waals surface area contributed by atoms with E-state index in [-0.39, 0.29) is 0 Å². The fourth-order valence-corrected chi connectivity index (χ4v) is 94.1. The molecule has 154 valence electrons. The van der Waals surface area contributed by atoms with Crippen molar-refractivity contribution in [2.45, 2.75) is 82.4 Å². The van der Waals surface area contributed by atoms with Crippen LogP contribution in [0.25, 0.3) is 0 Å². The average molecular weight is 577 g/mol. The van der Waals surface area contributed by atoms with E-state index in [1.54, 1.807) is 0 Å². The van der Waals surface area contributed by atoms with E-state index in [0.717, 1.165) is 0 Å². The summed E-state index contributed by atoms with van der Waals surface area (Å²) in [4.78, 5) is 0. The third-order valence-electron chi connectivity index (χ3n) is 7.60. The molecule has 0 unspecified atom stereocenters. The van der Waals surface area contributed by atoms with Crippen LogP contribution < -0.4 is 0 Å². The van der Waals surface area contributed by atoms with Crippen molar-refractivity contribution in [2.75, 3.05) is 26.7 Å². The maximum absolute atomic E-state index is 7.40. The standard InChI is InChI=1S/C18H46B2P2Si4.Sn/c1-21(2,19)17(23(5,6)7)25(11,12)15-16-26(13,14)18(22(3,4)20)24(8,9)10;/h15-16H2,1-14H3;. The molecule has 0 N–H and O–H groups in total. The summed E-state index contributed by atoms with van der Waals surface area (Å²) in [7, 11) is 6.08. The molecule has 0 spiro atoms. The Kier molecular flexibility index (Phi) is 7.81. The van der Waals surface area contributed by atoms with Gasteiger partial charge in [-0.3, -0.25) is 0 Å². The molecular weight excluding hydrogens is 531 g/mol. The predicted molar refractivity (Wildman–Crippen MR) is 152 cm³/mol. The van der Waals surface area contributed by atoms with Gasteiger partial charge < -0.3 is 0 Å². The van der Waals surface area contributed by atoms with E-state index < -0.39 is 67.7 Å². The van der Waals surface area contributed by atoms with Gasteiger partial charge in [-0.25, -0.2) is 0 Å². The van der Waals surface area contributed by atoms with Gasteiger partial charge in [-0.15, -0.1) is 0 Å². The van der Waals surface area contributed by atoms with Gasteiger partial charge in [0.05, 0.1) is 0 Å². The third kappa shape index (κ3) is 4.20. The molecule has 2 atom stereocenters. The van der Waals surface area contributed by atoms with E-state index in [4.69, 9.17) is 15.1 Å². The van der Waals surface area contributed by atoms with E-state index in [1.165, 1.54) is 12.1 Å². The Morgan fingerprint density at radius 1 is 0.667 bits per heavy atom. The molecule has 0 aliphatic carbocycles. The summed E-state index contributed by atoms with van der Waals surface area (Å²) >= 11 is -0.851. The number of hydrogen-bond donors (Lipinski definition) is 0. The van der Waals surface area contributed by atoms with Gasteiger partial charge in [0.25, 0.3) is 0 Å². The van der Waals surface area contributed by atoms with Crippen molar-refractivity contribution in [1.29, 1.82) is 0 Å². The minimum atomic E-state index is -1.46. The second-order valence-corrected chi connectivity index (χ2v) is 57.2. The summed E-state index contributed by atoms with van der Waals surface area (Å²) in [6.07, 6.45) is 0. The molecule has 1 aliphatic rings.